The Kier molecular flexibility index (Phi) is 5.37. The number of anilines is 1. The molecular weight excluding hydrogens is 398 g/mol. The summed E-state index contributed by atoms with van der Waals surface area (Å²) in [6.07, 6.45) is 0. The highest BCUT2D eigenvalue weighted by atomic mass is 32.1. The summed E-state index contributed by atoms with van der Waals surface area (Å²) >= 11 is 1.42. The highest BCUT2D eigenvalue weighted by Crippen LogP contribution is 2.27. The number of ether oxygens (including phenoxy) is 1. The highest BCUT2D eigenvalue weighted by molar-refractivity contribution is 7.15. The van der Waals surface area contributed by atoms with Gasteiger partial charge in [-0.3, -0.25) is 14.0 Å². The van der Waals surface area contributed by atoms with Crippen LogP contribution >= 0.6 is 11.3 Å². The first-order valence-corrected chi connectivity index (χ1v) is 10.4. The van der Waals surface area contributed by atoms with Gasteiger partial charge in [-0.1, -0.05) is 23.8 Å². The third kappa shape index (κ3) is 4.11. The van der Waals surface area contributed by atoms with Crippen LogP contribution in [0.4, 0.5) is 5.69 Å². The van der Waals surface area contributed by atoms with Gasteiger partial charge in [0.15, 0.2) is 4.96 Å². The van der Waals surface area contributed by atoms with E-state index in [1.54, 1.807) is 22.6 Å². The molecule has 152 valence electrons. The summed E-state index contributed by atoms with van der Waals surface area (Å²) in [6.45, 7) is 5.92. The first-order valence-electron chi connectivity index (χ1n) is 9.49. The minimum Gasteiger partial charge on any atom is -0.485 e. The minimum absolute atomic E-state index is 0.124. The van der Waals surface area contributed by atoms with Crippen LogP contribution in [0, 0.1) is 20.8 Å². The zero-order valence-electron chi connectivity index (χ0n) is 16.9. The number of aromatic nitrogens is 2. The molecule has 4 aromatic rings. The van der Waals surface area contributed by atoms with Crippen molar-refractivity contribution in [3.05, 3.63) is 92.3 Å². The molecule has 0 fully saturated rings. The molecule has 7 heteroatoms. The number of thiazole rings is 1. The van der Waals surface area contributed by atoms with E-state index in [2.05, 4.69) is 10.3 Å². The first-order chi connectivity index (χ1) is 14.4. The van der Waals surface area contributed by atoms with Gasteiger partial charge in [0.1, 0.15) is 12.4 Å². The molecule has 0 spiro atoms. The van der Waals surface area contributed by atoms with Gasteiger partial charge in [-0.05, 0) is 50.6 Å². The average Bonchev–Trinajstić information content (AvgIpc) is 3.09. The number of nitrogens with one attached hydrogen (secondary N) is 1. The second-order valence-corrected chi connectivity index (χ2v) is 8.03. The number of rotatable bonds is 5. The molecule has 1 N–H and O–H groups in total. The van der Waals surface area contributed by atoms with Crippen molar-refractivity contribution in [3.8, 4) is 5.75 Å². The fraction of sp³-hybridized carbons (Fsp3) is 0.174. The summed E-state index contributed by atoms with van der Waals surface area (Å²) in [4.78, 5) is 30.1. The normalized spacial score (nSPS) is 10.9. The molecule has 2 aromatic heterocycles. The number of benzene rings is 2. The lowest BCUT2D eigenvalue weighted by Crippen LogP contribution is -2.16. The standard InChI is InChI=1S/C23H21N3O3S/c1-14-4-7-17(8-5-14)22(28)25-19-10-15(2)6-9-20(19)29-12-18-11-21(27)26-16(3)13-30-23(26)24-18/h4-11,13H,12H2,1-3H3,(H,25,28). The predicted molar refractivity (Wildman–Crippen MR) is 119 cm³/mol. The number of hydrogen-bond donors (Lipinski definition) is 1. The summed E-state index contributed by atoms with van der Waals surface area (Å²) in [6, 6.07) is 14.4. The number of fused-ring (bicyclic) bond motifs is 1. The Bertz CT molecular complexity index is 1290. The van der Waals surface area contributed by atoms with Crippen LogP contribution in [0.3, 0.4) is 0 Å². The van der Waals surface area contributed by atoms with Gasteiger partial charge in [0, 0.05) is 22.7 Å². The van der Waals surface area contributed by atoms with E-state index < -0.39 is 0 Å². The van der Waals surface area contributed by atoms with E-state index in [1.165, 1.54) is 17.4 Å². The van der Waals surface area contributed by atoms with E-state index in [-0.39, 0.29) is 18.1 Å². The number of aryl methyl sites for hydroxylation is 3. The van der Waals surface area contributed by atoms with Crippen molar-refractivity contribution in [1.29, 1.82) is 0 Å². The van der Waals surface area contributed by atoms with Crippen molar-refractivity contribution >= 4 is 27.9 Å². The van der Waals surface area contributed by atoms with E-state index in [0.717, 1.165) is 16.8 Å². The largest absolute Gasteiger partial charge is 0.485 e. The molecule has 0 atom stereocenters. The number of carbonyl (C=O) groups is 1. The molecule has 2 aromatic carbocycles. The lowest BCUT2D eigenvalue weighted by molar-refractivity contribution is 0.102. The van der Waals surface area contributed by atoms with Crippen LogP contribution in [0.1, 0.15) is 32.9 Å². The van der Waals surface area contributed by atoms with Crippen molar-refractivity contribution in [1.82, 2.24) is 9.38 Å². The third-order valence-electron chi connectivity index (χ3n) is 4.70. The van der Waals surface area contributed by atoms with Gasteiger partial charge in [-0.2, -0.15) is 0 Å². The molecule has 30 heavy (non-hydrogen) atoms. The molecule has 0 saturated carbocycles. The summed E-state index contributed by atoms with van der Waals surface area (Å²) in [5.74, 6) is 0.308. The van der Waals surface area contributed by atoms with Crippen LogP contribution in [0.25, 0.3) is 4.96 Å². The summed E-state index contributed by atoms with van der Waals surface area (Å²) in [5, 5.41) is 4.82. The van der Waals surface area contributed by atoms with Gasteiger partial charge in [0.2, 0.25) is 0 Å². The molecular formula is C23H21N3O3S. The zero-order chi connectivity index (χ0) is 21.3. The van der Waals surface area contributed by atoms with E-state index in [0.29, 0.717) is 27.7 Å². The fourth-order valence-electron chi connectivity index (χ4n) is 3.09. The summed E-state index contributed by atoms with van der Waals surface area (Å²) in [5.41, 5.74) is 4.50. The topological polar surface area (TPSA) is 72.7 Å². The highest BCUT2D eigenvalue weighted by Gasteiger charge is 2.12. The molecule has 0 aliphatic rings. The van der Waals surface area contributed by atoms with Crippen molar-refractivity contribution in [3.63, 3.8) is 0 Å². The van der Waals surface area contributed by atoms with Gasteiger partial charge >= 0.3 is 0 Å². The smallest absolute Gasteiger partial charge is 0.259 e. The summed E-state index contributed by atoms with van der Waals surface area (Å²) < 4.78 is 7.50. The van der Waals surface area contributed by atoms with Crippen molar-refractivity contribution in [2.45, 2.75) is 27.4 Å². The minimum atomic E-state index is -0.211. The zero-order valence-corrected chi connectivity index (χ0v) is 17.7. The molecule has 0 saturated heterocycles. The van der Waals surface area contributed by atoms with Crippen LogP contribution in [0.5, 0.6) is 5.75 Å². The lowest BCUT2D eigenvalue weighted by atomic mass is 10.1. The predicted octanol–water partition coefficient (Wildman–Crippen LogP) is 4.51. The summed E-state index contributed by atoms with van der Waals surface area (Å²) in [7, 11) is 0. The van der Waals surface area contributed by atoms with E-state index >= 15 is 0 Å². The van der Waals surface area contributed by atoms with E-state index in [1.807, 2.05) is 50.4 Å². The number of amides is 1. The SMILES string of the molecule is Cc1ccc(C(=O)Nc2cc(C)ccc2OCc2cc(=O)n3c(C)csc3n2)cc1. The Morgan fingerprint density at radius 3 is 2.57 bits per heavy atom. The maximum Gasteiger partial charge on any atom is 0.259 e. The third-order valence-corrected chi connectivity index (χ3v) is 5.64. The van der Waals surface area contributed by atoms with Gasteiger partial charge in [-0.25, -0.2) is 4.98 Å². The molecule has 4 rings (SSSR count). The Morgan fingerprint density at radius 1 is 1.07 bits per heavy atom. The van der Waals surface area contributed by atoms with Gasteiger partial charge < -0.3 is 10.1 Å². The molecule has 0 aliphatic carbocycles. The molecule has 0 unspecified atom stereocenters. The van der Waals surface area contributed by atoms with E-state index in [9.17, 15) is 9.59 Å². The first kappa shape index (κ1) is 19.8. The molecule has 0 bridgehead atoms. The van der Waals surface area contributed by atoms with Gasteiger partial charge in [-0.15, -0.1) is 11.3 Å². The van der Waals surface area contributed by atoms with Crippen molar-refractivity contribution in [2.75, 3.05) is 5.32 Å². The van der Waals surface area contributed by atoms with Crippen LogP contribution in [0.2, 0.25) is 0 Å². The number of hydrogen-bond acceptors (Lipinski definition) is 5. The van der Waals surface area contributed by atoms with Crippen LogP contribution < -0.4 is 15.6 Å². The Morgan fingerprint density at radius 2 is 1.80 bits per heavy atom. The van der Waals surface area contributed by atoms with Crippen LogP contribution in [-0.4, -0.2) is 15.3 Å². The maximum absolute atomic E-state index is 12.6. The van der Waals surface area contributed by atoms with E-state index in [4.69, 9.17) is 4.74 Å². The van der Waals surface area contributed by atoms with Crippen molar-refractivity contribution in [2.24, 2.45) is 0 Å². The number of carbonyl (C=O) groups excluding carboxylic acids is 1. The molecule has 1 amide bonds. The second-order valence-electron chi connectivity index (χ2n) is 7.19. The monoisotopic (exact) mass is 419 g/mol. The van der Waals surface area contributed by atoms with Gasteiger partial charge in [0.05, 0.1) is 11.4 Å². The Balaban J connectivity index is 1.55. The van der Waals surface area contributed by atoms with Crippen LogP contribution in [-0.2, 0) is 6.61 Å². The van der Waals surface area contributed by atoms with Gasteiger partial charge in [0.25, 0.3) is 11.5 Å². The molecule has 6 nitrogen and oxygen atoms in total. The Labute approximate surface area is 177 Å². The average molecular weight is 420 g/mol. The van der Waals surface area contributed by atoms with Crippen LogP contribution in [0.15, 0.2) is 58.7 Å². The lowest BCUT2D eigenvalue weighted by Gasteiger charge is -2.13. The second kappa shape index (κ2) is 8.12. The molecule has 0 aliphatic heterocycles. The number of nitrogens with zero attached hydrogens (tertiary/aromatic N) is 2. The molecule has 0 radical (unpaired) electrons. The fourth-order valence-corrected chi connectivity index (χ4v) is 3.98. The quantitative estimate of drug-likeness (QED) is 0.516. The Hall–Kier alpha value is -3.45. The maximum atomic E-state index is 12.6. The molecule has 2 heterocycles. The van der Waals surface area contributed by atoms with Crippen molar-refractivity contribution < 1.29 is 9.53 Å².